The summed E-state index contributed by atoms with van der Waals surface area (Å²) in [5.74, 6) is -2.30. The van der Waals surface area contributed by atoms with E-state index in [9.17, 15) is 31.2 Å². The number of carbonyl (C=O) groups is 2. The van der Waals surface area contributed by atoms with Crippen LogP contribution >= 0.6 is 0 Å². The van der Waals surface area contributed by atoms with Crippen LogP contribution in [0.5, 0.6) is 0 Å². The highest BCUT2D eigenvalue weighted by molar-refractivity contribution is 7.88. The molecule has 0 unspecified atom stereocenters. The molecule has 1 aliphatic heterocycles. The zero-order valence-electron chi connectivity index (χ0n) is 25.7. The van der Waals surface area contributed by atoms with E-state index in [1.54, 1.807) is 38.1 Å². The Morgan fingerprint density at radius 1 is 1.05 bits per heavy atom. The van der Waals surface area contributed by atoms with Gasteiger partial charge >= 0.3 is 27.5 Å². The molecule has 0 saturated heterocycles. The average molecular weight is 617 g/mol. The van der Waals surface area contributed by atoms with E-state index in [0.29, 0.717) is 49.7 Å². The number of halogens is 3. The quantitative estimate of drug-likeness (QED) is 0.183. The van der Waals surface area contributed by atoms with Crippen LogP contribution in [-0.4, -0.2) is 48.4 Å². The average Bonchev–Trinajstić information content (AvgIpc) is 3.07. The Morgan fingerprint density at radius 2 is 1.60 bits per heavy atom. The molecule has 236 valence electrons. The lowest BCUT2D eigenvalue weighted by Crippen LogP contribution is -2.51. The van der Waals surface area contributed by atoms with Crippen molar-refractivity contribution in [2.75, 3.05) is 0 Å². The SMILES string of the molecule is CC(C)OC(=O)c1ccc([C@@H](CCC(C)(C)C)N2C(=O)C(OS(=O)(=O)C(F)(F)F)=NC23CCC(C(C)(C)C)CC3)cc1. The van der Waals surface area contributed by atoms with Crippen LogP contribution in [-0.2, 0) is 23.8 Å². The highest BCUT2D eigenvalue weighted by Crippen LogP contribution is 2.50. The smallest absolute Gasteiger partial charge is 0.459 e. The second-order valence-electron chi connectivity index (χ2n) is 13.9. The van der Waals surface area contributed by atoms with Crippen molar-refractivity contribution in [3.8, 4) is 0 Å². The van der Waals surface area contributed by atoms with Gasteiger partial charge in [-0.25, -0.2) is 9.79 Å². The summed E-state index contributed by atoms with van der Waals surface area (Å²) >= 11 is 0. The maximum atomic E-state index is 13.9. The number of hydrogen-bond donors (Lipinski definition) is 0. The summed E-state index contributed by atoms with van der Waals surface area (Å²) < 4.78 is 73.3. The van der Waals surface area contributed by atoms with E-state index in [-0.39, 0.29) is 22.9 Å². The Balaban J connectivity index is 2.09. The summed E-state index contributed by atoms with van der Waals surface area (Å²) in [5.41, 5.74) is -6.23. The van der Waals surface area contributed by atoms with Gasteiger partial charge in [0.05, 0.1) is 17.7 Å². The van der Waals surface area contributed by atoms with Gasteiger partial charge in [-0.2, -0.15) is 21.6 Å². The molecular formula is C30H43F3N2O6S. The molecule has 0 aromatic heterocycles. The Bertz CT molecular complexity index is 1280. The topological polar surface area (TPSA) is 102 Å². The molecule has 1 aromatic carbocycles. The van der Waals surface area contributed by atoms with E-state index in [1.807, 2.05) is 20.8 Å². The van der Waals surface area contributed by atoms with E-state index >= 15 is 0 Å². The van der Waals surface area contributed by atoms with Crippen molar-refractivity contribution in [1.29, 1.82) is 0 Å². The molecule has 8 nitrogen and oxygen atoms in total. The van der Waals surface area contributed by atoms with Crippen LogP contribution in [0.3, 0.4) is 0 Å². The second-order valence-corrected chi connectivity index (χ2v) is 15.4. The van der Waals surface area contributed by atoms with E-state index in [1.165, 1.54) is 4.90 Å². The fourth-order valence-corrected chi connectivity index (χ4v) is 6.07. The van der Waals surface area contributed by atoms with Gasteiger partial charge in [0, 0.05) is 0 Å². The lowest BCUT2D eigenvalue weighted by Gasteiger charge is -2.47. The molecule has 1 heterocycles. The second kappa shape index (κ2) is 11.8. The van der Waals surface area contributed by atoms with Gasteiger partial charge in [-0.1, -0.05) is 53.7 Å². The third-order valence-corrected chi connectivity index (χ3v) is 8.94. The standard InChI is InChI=1S/C30H43F3N2O6S/c1-19(2)40-26(37)21-11-9-20(10-12-21)23(15-16-27(3,4)5)35-25(36)24(41-42(38,39)30(31,32)33)34-29(35)17-13-22(14-18-29)28(6,7)8/h9-12,19,22-23H,13-18H2,1-8H3/t22?,23-,29?/m1/s1. The first kappa shape index (κ1) is 33.9. The molecule has 3 rings (SSSR count). The number of ether oxygens (including phenoxy) is 1. The highest BCUT2D eigenvalue weighted by atomic mass is 32.2. The van der Waals surface area contributed by atoms with Crippen molar-refractivity contribution < 1.29 is 40.1 Å². The molecule has 1 atom stereocenters. The van der Waals surface area contributed by atoms with Crippen LogP contribution in [0.25, 0.3) is 0 Å². The molecule has 1 fully saturated rings. The van der Waals surface area contributed by atoms with Crippen molar-refractivity contribution in [1.82, 2.24) is 4.90 Å². The molecule has 1 aromatic rings. The molecule has 0 bridgehead atoms. The van der Waals surface area contributed by atoms with Crippen molar-refractivity contribution in [3.63, 3.8) is 0 Å². The van der Waals surface area contributed by atoms with Gasteiger partial charge in [-0.05, 0) is 86.8 Å². The molecule has 1 spiro atoms. The molecule has 2 aliphatic rings. The number of carbonyl (C=O) groups excluding carboxylic acids is 2. The van der Waals surface area contributed by atoms with Gasteiger partial charge < -0.3 is 13.8 Å². The Morgan fingerprint density at radius 3 is 2.05 bits per heavy atom. The minimum absolute atomic E-state index is 0.0379. The number of alkyl halides is 3. The summed E-state index contributed by atoms with van der Waals surface area (Å²) in [4.78, 5) is 32.1. The lowest BCUT2D eigenvalue weighted by molar-refractivity contribution is -0.134. The van der Waals surface area contributed by atoms with Crippen LogP contribution in [0.15, 0.2) is 29.3 Å². The molecule has 12 heteroatoms. The van der Waals surface area contributed by atoms with Crippen LogP contribution in [0, 0.1) is 16.7 Å². The summed E-state index contributed by atoms with van der Waals surface area (Å²) in [6.07, 6.45) is 2.70. The number of rotatable bonds is 7. The van der Waals surface area contributed by atoms with Crippen LogP contribution < -0.4 is 0 Å². The predicted octanol–water partition coefficient (Wildman–Crippen LogP) is 7.16. The van der Waals surface area contributed by atoms with Gasteiger partial charge in [0.15, 0.2) is 0 Å². The first-order chi connectivity index (χ1) is 19.1. The minimum atomic E-state index is -6.11. The molecule has 1 saturated carbocycles. The summed E-state index contributed by atoms with van der Waals surface area (Å²) in [6.45, 7) is 15.9. The van der Waals surface area contributed by atoms with Crippen LogP contribution in [0.2, 0.25) is 0 Å². The summed E-state index contributed by atoms with van der Waals surface area (Å²) in [7, 11) is -6.11. The summed E-state index contributed by atoms with van der Waals surface area (Å²) in [6, 6.07) is 5.88. The fourth-order valence-electron chi connectivity index (χ4n) is 5.66. The maximum Gasteiger partial charge on any atom is 0.534 e. The van der Waals surface area contributed by atoms with Crippen molar-refractivity contribution in [3.05, 3.63) is 35.4 Å². The summed E-state index contributed by atoms with van der Waals surface area (Å²) in [5, 5.41) is 0. The normalized spacial score (nSPS) is 22.9. The molecule has 1 aliphatic carbocycles. The highest BCUT2D eigenvalue weighted by Gasteiger charge is 2.57. The van der Waals surface area contributed by atoms with Gasteiger partial charge in [-0.15, -0.1) is 0 Å². The number of esters is 1. The number of benzene rings is 1. The Hall–Kier alpha value is -2.63. The Labute approximate surface area is 247 Å². The minimum Gasteiger partial charge on any atom is -0.459 e. The van der Waals surface area contributed by atoms with Crippen molar-refractivity contribution in [2.45, 2.75) is 117 Å². The van der Waals surface area contributed by atoms with E-state index in [0.717, 1.165) is 0 Å². The first-order valence-corrected chi connectivity index (χ1v) is 15.7. The monoisotopic (exact) mass is 616 g/mol. The van der Waals surface area contributed by atoms with Gasteiger partial charge in [-0.3, -0.25) is 4.79 Å². The first-order valence-electron chi connectivity index (χ1n) is 14.3. The largest absolute Gasteiger partial charge is 0.534 e. The fraction of sp³-hybridized carbons (Fsp3) is 0.700. The number of nitrogens with zero attached hydrogens (tertiary/aromatic N) is 2. The maximum absolute atomic E-state index is 13.9. The van der Waals surface area contributed by atoms with Gasteiger partial charge in [0.1, 0.15) is 5.66 Å². The van der Waals surface area contributed by atoms with E-state index in [4.69, 9.17) is 4.74 Å². The molecule has 0 radical (unpaired) electrons. The predicted molar refractivity (Wildman–Crippen MR) is 153 cm³/mol. The van der Waals surface area contributed by atoms with Crippen molar-refractivity contribution >= 4 is 27.9 Å². The molecule has 0 N–H and O–H groups in total. The van der Waals surface area contributed by atoms with E-state index in [2.05, 4.69) is 29.9 Å². The zero-order valence-corrected chi connectivity index (χ0v) is 26.5. The van der Waals surface area contributed by atoms with Crippen LogP contribution in [0.1, 0.15) is 116 Å². The van der Waals surface area contributed by atoms with Crippen molar-refractivity contribution in [2.24, 2.45) is 21.7 Å². The number of aliphatic imine (C=N–C) groups is 1. The number of amides is 1. The van der Waals surface area contributed by atoms with Gasteiger partial charge in [0.2, 0.25) is 0 Å². The van der Waals surface area contributed by atoms with Crippen LogP contribution in [0.4, 0.5) is 13.2 Å². The lowest BCUT2D eigenvalue weighted by atomic mass is 9.69. The molecule has 1 amide bonds. The van der Waals surface area contributed by atoms with E-state index < -0.39 is 45.1 Å². The number of hydrogen-bond acceptors (Lipinski definition) is 7. The Kier molecular flexibility index (Phi) is 9.52. The third-order valence-electron chi connectivity index (χ3n) is 8.00. The molecule has 42 heavy (non-hydrogen) atoms. The molecular weight excluding hydrogens is 573 g/mol. The third kappa shape index (κ3) is 7.65. The van der Waals surface area contributed by atoms with Gasteiger partial charge in [0.25, 0.3) is 5.90 Å². The zero-order chi connectivity index (χ0) is 31.9.